The highest BCUT2D eigenvalue weighted by atomic mass is 16.4. The van der Waals surface area contributed by atoms with Crippen LogP contribution in [0, 0.1) is 5.92 Å². The summed E-state index contributed by atoms with van der Waals surface area (Å²) in [7, 11) is 1.65. The lowest BCUT2D eigenvalue weighted by atomic mass is 10.1. The SMILES string of the molecule is CC(C)CN(C)C(=O)N[C@@H](C(=O)O)c1ccccc1. The van der Waals surface area contributed by atoms with Crippen LogP contribution in [0.4, 0.5) is 4.79 Å². The van der Waals surface area contributed by atoms with E-state index >= 15 is 0 Å². The van der Waals surface area contributed by atoms with Crippen molar-refractivity contribution in [1.29, 1.82) is 0 Å². The Morgan fingerprint density at radius 1 is 1.26 bits per heavy atom. The van der Waals surface area contributed by atoms with E-state index in [0.29, 0.717) is 18.0 Å². The molecule has 0 fully saturated rings. The van der Waals surface area contributed by atoms with Crippen LogP contribution in [-0.2, 0) is 4.79 Å². The fraction of sp³-hybridized carbons (Fsp3) is 0.429. The number of carbonyl (C=O) groups excluding carboxylic acids is 1. The van der Waals surface area contributed by atoms with Gasteiger partial charge in [-0.05, 0) is 11.5 Å². The summed E-state index contributed by atoms with van der Waals surface area (Å²) >= 11 is 0. The minimum atomic E-state index is -1.07. The molecule has 1 aromatic rings. The number of amides is 2. The van der Waals surface area contributed by atoms with Crippen LogP contribution in [0.25, 0.3) is 0 Å². The van der Waals surface area contributed by atoms with E-state index in [0.717, 1.165) is 0 Å². The normalized spacial score (nSPS) is 12.0. The molecule has 1 aromatic carbocycles. The molecule has 0 saturated carbocycles. The van der Waals surface area contributed by atoms with E-state index in [4.69, 9.17) is 0 Å². The van der Waals surface area contributed by atoms with Gasteiger partial charge >= 0.3 is 12.0 Å². The molecular weight excluding hydrogens is 244 g/mol. The number of nitrogens with zero attached hydrogens (tertiary/aromatic N) is 1. The summed E-state index contributed by atoms with van der Waals surface area (Å²) in [6, 6.07) is 7.25. The van der Waals surface area contributed by atoms with Crippen LogP contribution in [0.3, 0.4) is 0 Å². The molecule has 0 unspecified atom stereocenters. The number of benzene rings is 1. The first-order valence-corrected chi connectivity index (χ1v) is 6.21. The smallest absolute Gasteiger partial charge is 0.330 e. The van der Waals surface area contributed by atoms with Crippen molar-refractivity contribution in [3.05, 3.63) is 35.9 Å². The van der Waals surface area contributed by atoms with E-state index in [1.54, 1.807) is 37.4 Å². The molecule has 0 saturated heterocycles. The maximum absolute atomic E-state index is 11.9. The Labute approximate surface area is 113 Å². The predicted molar refractivity (Wildman–Crippen MR) is 72.8 cm³/mol. The molecule has 1 rings (SSSR count). The van der Waals surface area contributed by atoms with Gasteiger partial charge in [0.05, 0.1) is 0 Å². The van der Waals surface area contributed by atoms with Crippen molar-refractivity contribution in [3.63, 3.8) is 0 Å². The Balaban J connectivity index is 2.75. The standard InChI is InChI=1S/C14H20N2O3/c1-10(2)9-16(3)14(19)15-12(13(17)18)11-7-5-4-6-8-11/h4-8,10,12H,9H2,1-3H3,(H,15,19)(H,17,18)/t12-/m1/s1. The van der Waals surface area contributed by atoms with Gasteiger partial charge in [-0.25, -0.2) is 9.59 Å². The summed E-state index contributed by atoms with van der Waals surface area (Å²) in [5.41, 5.74) is 0.557. The Morgan fingerprint density at radius 3 is 2.32 bits per heavy atom. The van der Waals surface area contributed by atoms with Gasteiger partial charge in [0.1, 0.15) is 0 Å². The number of rotatable bonds is 5. The lowest BCUT2D eigenvalue weighted by Gasteiger charge is -2.23. The maximum Gasteiger partial charge on any atom is 0.330 e. The number of urea groups is 1. The molecule has 0 bridgehead atoms. The Hall–Kier alpha value is -2.04. The molecule has 0 aliphatic carbocycles. The first-order valence-electron chi connectivity index (χ1n) is 6.21. The Bertz CT molecular complexity index is 432. The van der Waals surface area contributed by atoms with Gasteiger partial charge in [0, 0.05) is 13.6 Å². The zero-order valence-electron chi connectivity index (χ0n) is 11.5. The van der Waals surface area contributed by atoms with Crippen molar-refractivity contribution in [1.82, 2.24) is 10.2 Å². The van der Waals surface area contributed by atoms with Crippen LogP contribution < -0.4 is 5.32 Å². The molecular formula is C14H20N2O3. The van der Waals surface area contributed by atoms with Crippen molar-refractivity contribution < 1.29 is 14.7 Å². The van der Waals surface area contributed by atoms with Crippen LogP contribution >= 0.6 is 0 Å². The third-order valence-electron chi connectivity index (χ3n) is 2.63. The van der Waals surface area contributed by atoms with Crippen LogP contribution in [-0.4, -0.2) is 35.6 Å². The topological polar surface area (TPSA) is 69.6 Å². The fourth-order valence-corrected chi connectivity index (χ4v) is 1.80. The van der Waals surface area contributed by atoms with Gasteiger partial charge in [-0.3, -0.25) is 0 Å². The molecule has 19 heavy (non-hydrogen) atoms. The number of carbonyl (C=O) groups is 2. The summed E-state index contributed by atoms with van der Waals surface area (Å²) in [6.07, 6.45) is 0. The molecule has 0 radical (unpaired) electrons. The first-order chi connectivity index (χ1) is 8.91. The third-order valence-corrected chi connectivity index (χ3v) is 2.63. The predicted octanol–water partition coefficient (Wildman–Crippen LogP) is 2.11. The van der Waals surface area contributed by atoms with E-state index < -0.39 is 12.0 Å². The van der Waals surface area contributed by atoms with Gasteiger partial charge in [-0.2, -0.15) is 0 Å². The number of aliphatic carboxylic acids is 1. The molecule has 2 N–H and O–H groups in total. The van der Waals surface area contributed by atoms with E-state index in [2.05, 4.69) is 5.32 Å². The molecule has 2 amide bonds. The van der Waals surface area contributed by atoms with Crippen molar-refractivity contribution in [2.24, 2.45) is 5.92 Å². The summed E-state index contributed by atoms with van der Waals surface area (Å²) in [5, 5.41) is 11.7. The first kappa shape index (κ1) is 15.0. The fourth-order valence-electron chi connectivity index (χ4n) is 1.80. The van der Waals surface area contributed by atoms with E-state index in [1.807, 2.05) is 13.8 Å². The Kier molecular flexibility index (Phi) is 5.36. The van der Waals surface area contributed by atoms with Crippen molar-refractivity contribution in [3.8, 4) is 0 Å². The minimum Gasteiger partial charge on any atom is -0.479 e. The van der Waals surface area contributed by atoms with E-state index in [9.17, 15) is 14.7 Å². The largest absolute Gasteiger partial charge is 0.479 e. The molecule has 104 valence electrons. The molecule has 0 aromatic heterocycles. The van der Waals surface area contributed by atoms with Crippen LogP contribution in [0.2, 0.25) is 0 Å². The molecule has 5 heteroatoms. The van der Waals surface area contributed by atoms with Crippen LogP contribution in [0.15, 0.2) is 30.3 Å². The van der Waals surface area contributed by atoms with Gasteiger partial charge in [0.25, 0.3) is 0 Å². The monoisotopic (exact) mass is 264 g/mol. The summed E-state index contributed by atoms with van der Waals surface area (Å²) < 4.78 is 0. The maximum atomic E-state index is 11.9. The number of hydrogen-bond donors (Lipinski definition) is 2. The summed E-state index contributed by atoms with van der Waals surface area (Å²) in [4.78, 5) is 24.7. The third kappa shape index (κ3) is 4.62. The highest BCUT2D eigenvalue weighted by Gasteiger charge is 2.23. The zero-order chi connectivity index (χ0) is 14.4. The zero-order valence-corrected chi connectivity index (χ0v) is 11.5. The average Bonchev–Trinajstić information content (AvgIpc) is 2.35. The van der Waals surface area contributed by atoms with Crippen molar-refractivity contribution >= 4 is 12.0 Å². The van der Waals surface area contributed by atoms with Gasteiger partial charge in [-0.15, -0.1) is 0 Å². The highest BCUT2D eigenvalue weighted by molar-refractivity contribution is 5.83. The van der Waals surface area contributed by atoms with Crippen LogP contribution in [0.1, 0.15) is 25.5 Å². The number of carboxylic acid groups (broad SMARTS) is 1. The lowest BCUT2D eigenvalue weighted by Crippen LogP contribution is -2.43. The highest BCUT2D eigenvalue weighted by Crippen LogP contribution is 2.13. The molecule has 0 heterocycles. The molecule has 0 spiro atoms. The van der Waals surface area contributed by atoms with Crippen LogP contribution in [0.5, 0.6) is 0 Å². The molecule has 1 atom stereocenters. The lowest BCUT2D eigenvalue weighted by molar-refractivity contribution is -0.139. The quantitative estimate of drug-likeness (QED) is 0.855. The number of nitrogens with one attached hydrogen (secondary N) is 1. The molecule has 0 aliphatic heterocycles. The number of carboxylic acids is 1. The number of hydrogen-bond acceptors (Lipinski definition) is 2. The second-order valence-electron chi connectivity index (χ2n) is 4.91. The van der Waals surface area contributed by atoms with Gasteiger partial charge in [0.2, 0.25) is 0 Å². The van der Waals surface area contributed by atoms with Gasteiger partial charge in [-0.1, -0.05) is 44.2 Å². The van der Waals surface area contributed by atoms with E-state index in [-0.39, 0.29) is 6.03 Å². The molecule has 0 aliphatic rings. The average molecular weight is 264 g/mol. The van der Waals surface area contributed by atoms with Gasteiger partial charge < -0.3 is 15.3 Å². The van der Waals surface area contributed by atoms with E-state index in [1.165, 1.54) is 4.90 Å². The summed E-state index contributed by atoms with van der Waals surface area (Å²) in [5.74, 6) is -0.742. The van der Waals surface area contributed by atoms with Crippen molar-refractivity contribution in [2.75, 3.05) is 13.6 Å². The molecule has 5 nitrogen and oxygen atoms in total. The van der Waals surface area contributed by atoms with Gasteiger partial charge in [0.15, 0.2) is 6.04 Å². The second kappa shape index (κ2) is 6.78. The minimum absolute atomic E-state index is 0.329. The summed E-state index contributed by atoms with van der Waals surface area (Å²) in [6.45, 7) is 4.57. The Morgan fingerprint density at radius 2 is 1.84 bits per heavy atom. The van der Waals surface area contributed by atoms with Crippen molar-refractivity contribution in [2.45, 2.75) is 19.9 Å². The second-order valence-corrected chi connectivity index (χ2v) is 4.91.